The number of benzene rings is 2. The van der Waals surface area contributed by atoms with Gasteiger partial charge in [0.1, 0.15) is 11.6 Å². The van der Waals surface area contributed by atoms with Crippen molar-refractivity contribution < 1.29 is 23.0 Å². The molecule has 0 spiro atoms. The Hall–Kier alpha value is -2.63. The summed E-state index contributed by atoms with van der Waals surface area (Å²) in [5.74, 6) is -2.15. The van der Waals surface area contributed by atoms with Gasteiger partial charge in [0.15, 0.2) is 11.6 Å². The van der Waals surface area contributed by atoms with E-state index in [-0.39, 0.29) is 22.7 Å². The van der Waals surface area contributed by atoms with Crippen molar-refractivity contribution in [2.75, 3.05) is 12.8 Å². The van der Waals surface area contributed by atoms with E-state index in [4.69, 9.17) is 10.5 Å². The van der Waals surface area contributed by atoms with Crippen molar-refractivity contribution in [3.05, 3.63) is 53.6 Å². The van der Waals surface area contributed by atoms with E-state index in [9.17, 15) is 13.6 Å². The molecule has 0 unspecified atom stereocenters. The van der Waals surface area contributed by atoms with Gasteiger partial charge in [-0.25, -0.2) is 13.6 Å². The lowest BCUT2D eigenvalue weighted by Crippen LogP contribution is -2.06. The minimum Gasteiger partial charge on any atom is -0.465 e. The third-order valence-corrected chi connectivity index (χ3v) is 2.53. The number of hydrogen-bond donors (Lipinski definition) is 1. The first kappa shape index (κ1) is 13.8. The smallest absolute Gasteiger partial charge is 0.340 e. The van der Waals surface area contributed by atoms with E-state index >= 15 is 0 Å². The van der Waals surface area contributed by atoms with E-state index < -0.39 is 17.6 Å². The number of rotatable bonds is 3. The minimum absolute atomic E-state index is 0.0275. The van der Waals surface area contributed by atoms with Crippen LogP contribution in [0.1, 0.15) is 10.4 Å². The Morgan fingerprint density at radius 1 is 1.20 bits per heavy atom. The fourth-order valence-corrected chi connectivity index (χ4v) is 1.59. The van der Waals surface area contributed by atoms with E-state index in [1.807, 2.05) is 0 Å². The monoisotopic (exact) mass is 279 g/mol. The third-order valence-electron chi connectivity index (χ3n) is 2.53. The summed E-state index contributed by atoms with van der Waals surface area (Å²) in [5.41, 5.74) is 5.43. The normalized spacial score (nSPS) is 10.2. The number of esters is 1. The van der Waals surface area contributed by atoms with Crippen LogP contribution in [0.4, 0.5) is 14.5 Å². The van der Waals surface area contributed by atoms with Crippen LogP contribution < -0.4 is 10.5 Å². The average molecular weight is 279 g/mol. The van der Waals surface area contributed by atoms with E-state index in [1.165, 1.54) is 25.3 Å². The Morgan fingerprint density at radius 2 is 1.95 bits per heavy atom. The summed E-state index contributed by atoms with van der Waals surface area (Å²) in [6.07, 6.45) is 0. The maximum absolute atomic E-state index is 13.7. The van der Waals surface area contributed by atoms with Crippen LogP contribution in [0.3, 0.4) is 0 Å². The van der Waals surface area contributed by atoms with Gasteiger partial charge in [-0.1, -0.05) is 6.07 Å². The first-order chi connectivity index (χ1) is 9.51. The molecule has 0 heterocycles. The zero-order chi connectivity index (χ0) is 14.7. The van der Waals surface area contributed by atoms with E-state index in [0.717, 1.165) is 18.2 Å². The van der Waals surface area contributed by atoms with Gasteiger partial charge in [-0.2, -0.15) is 0 Å². The Morgan fingerprint density at radius 3 is 2.60 bits per heavy atom. The first-order valence-corrected chi connectivity index (χ1v) is 5.62. The summed E-state index contributed by atoms with van der Waals surface area (Å²) in [5, 5.41) is 0. The summed E-state index contributed by atoms with van der Waals surface area (Å²) in [6, 6.07) is 7.25. The zero-order valence-electron chi connectivity index (χ0n) is 10.5. The molecule has 2 N–H and O–H groups in total. The number of hydrogen-bond acceptors (Lipinski definition) is 4. The van der Waals surface area contributed by atoms with Crippen LogP contribution in [-0.4, -0.2) is 13.1 Å². The van der Waals surface area contributed by atoms with Crippen molar-refractivity contribution in [2.24, 2.45) is 0 Å². The van der Waals surface area contributed by atoms with Gasteiger partial charge in [0, 0.05) is 23.9 Å². The predicted octanol–water partition coefficient (Wildman–Crippen LogP) is 3.13. The Labute approximate surface area is 113 Å². The largest absolute Gasteiger partial charge is 0.465 e. The zero-order valence-corrected chi connectivity index (χ0v) is 10.5. The molecule has 2 aromatic carbocycles. The summed E-state index contributed by atoms with van der Waals surface area (Å²) < 4.78 is 36.5. The first-order valence-electron chi connectivity index (χ1n) is 5.62. The van der Waals surface area contributed by atoms with Crippen LogP contribution in [0.2, 0.25) is 0 Å². The van der Waals surface area contributed by atoms with E-state index in [0.29, 0.717) is 0 Å². The number of methoxy groups -OCH3 is 1. The number of ether oxygens (including phenoxy) is 2. The van der Waals surface area contributed by atoms with Gasteiger partial charge < -0.3 is 15.2 Å². The molecule has 0 saturated carbocycles. The second-order valence-corrected chi connectivity index (χ2v) is 3.92. The minimum atomic E-state index is -0.764. The average Bonchev–Trinajstić information content (AvgIpc) is 2.41. The molecule has 0 radical (unpaired) electrons. The lowest BCUT2D eigenvalue weighted by molar-refractivity contribution is 0.0601. The fourth-order valence-electron chi connectivity index (χ4n) is 1.59. The van der Waals surface area contributed by atoms with Crippen molar-refractivity contribution in [1.82, 2.24) is 0 Å². The lowest BCUT2D eigenvalue weighted by Gasteiger charge is -2.10. The van der Waals surface area contributed by atoms with Crippen LogP contribution in [0.15, 0.2) is 36.4 Å². The molecular formula is C14H11F2NO3. The molecule has 4 nitrogen and oxygen atoms in total. The van der Waals surface area contributed by atoms with Gasteiger partial charge in [-0.15, -0.1) is 0 Å². The Bertz CT molecular complexity index is 659. The maximum Gasteiger partial charge on any atom is 0.340 e. The van der Waals surface area contributed by atoms with Gasteiger partial charge >= 0.3 is 5.97 Å². The standard InChI is InChI=1S/C14H11F2NO3/c1-19-14(18)10-6-13(11(16)7-12(10)17)20-9-4-2-3-8(15)5-9/h2-7H,17H2,1H3. The molecular weight excluding hydrogens is 268 g/mol. The molecule has 0 atom stereocenters. The summed E-state index contributed by atoms with van der Waals surface area (Å²) in [7, 11) is 1.18. The van der Waals surface area contributed by atoms with Gasteiger partial charge in [-0.05, 0) is 12.1 Å². The number of carbonyl (C=O) groups excluding carboxylic acids is 1. The number of nitrogen functional groups attached to an aromatic ring is 1. The molecule has 2 rings (SSSR count). The fraction of sp³-hybridized carbons (Fsp3) is 0.0714. The van der Waals surface area contributed by atoms with Gasteiger partial charge in [0.25, 0.3) is 0 Å². The number of anilines is 1. The molecule has 0 aliphatic rings. The molecule has 0 saturated heterocycles. The third kappa shape index (κ3) is 2.85. The van der Waals surface area contributed by atoms with Gasteiger partial charge in [0.2, 0.25) is 0 Å². The number of carbonyl (C=O) groups is 1. The molecule has 0 aromatic heterocycles. The highest BCUT2D eigenvalue weighted by Crippen LogP contribution is 2.29. The van der Waals surface area contributed by atoms with Crippen LogP contribution in [-0.2, 0) is 4.74 Å². The second kappa shape index (κ2) is 5.56. The number of halogens is 2. The Balaban J connectivity index is 2.39. The second-order valence-electron chi connectivity index (χ2n) is 3.92. The molecule has 0 aliphatic heterocycles. The molecule has 0 bridgehead atoms. The lowest BCUT2D eigenvalue weighted by atomic mass is 10.1. The molecule has 104 valence electrons. The van der Waals surface area contributed by atoms with E-state index in [1.54, 1.807) is 0 Å². The quantitative estimate of drug-likeness (QED) is 0.692. The van der Waals surface area contributed by atoms with Crippen molar-refractivity contribution in [2.45, 2.75) is 0 Å². The SMILES string of the molecule is COC(=O)c1cc(Oc2cccc(F)c2)c(F)cc1N. The van der Waals surface area contributed by atoms with Crippen molar-refractivity contribution in [3.63, 3.8) is 0 Å². The summed E-state index contributed by atoms with van der Waals surface area (Å²) in [6.45, 7) is 0. The molecule has 2 aromatic rings. The molecule has 0 aliphatic carbocycles. The van der Waals surface area contributed by atoms with Crippen molar-refractivity contribution >= 4 is 11.7 Å². The topological polar surface area (TPSA) is 61.5 Å². The molecule has 0 fully saturated rings. The van der Waals surface area contributed by atoms with Crippen molar-refractivity contribution in [1.29, 1.82) is 0 Å². The van der Waals surface area contributed by atoms with Crippen LogP contribution in [0.5, 0.6) is 11.5 Å². The Kier molecular flexibility index (Phi) is 3.84. The predicted molar refractivity (Wildman–Crippen MR) is 68.6 cm³/mol. The highest BCUT2D eigenvalue weighted by atomic mass is 19.1. The molecule has 6 heteroatoms. The van der Waals surface area contributed by atoms with Crippen LogP contribution in [0, 0.1) is 11.6 Å². The molecule has 0 amide bonds. The molecule has 20 heavy (non-hydrogen) atoms. The van der Waals surface area contributed by atoms with Crippen LogP contribution in [0.25, 0.3) is 0 Å². The highest BCUT2D eigenvalue weighted by Gasteiger charge is 2.16. The maximum atomic E-state index is 13.7. The van der Waals surface area contributed by atoms with Gasteiger partial charge in [-0.3, -0.25) is 0 Å². The highest BCUT2D eigenvalue weighted by molar-refractivity contribution is 5.95. The van der Waals surface area contributed by atoms with E-state index in [2.05, 4.69) is 4.74 Å². The number of nitrogens with two attached hydrogens (primary N) is 1. The summed E-state index contributed by atoms with van der Waals surface area (Å²) in [4.78, 5) is 11.5. The summed E-state index contributed by atoms with van der Waals surface area (Å²) >= 11 is 0. The van der Waals surface area contributed by atoms with Crippen molar-refractivity contribution in [3.8, 4) is 11.5 Å². The van der Waals surface area contributed by atoms with Crippen LogP contribution >= 0.6 is 0 Å². The van der Waals surface area contributed by atoms with Gasteiger partial charge in [0.05, 0.1) is 12.7 Å².